The first-order valence-electron chi connectivity index (χ1n) is 6.93. The van der Waals surface area contributed by atoms with Crippen molar-refractivity contribution in [2.45, 2.75) is 30.7 Å². The van der Waals surface area contributed by atoms with Gasteiger partial charge in [0.25, 0.3) is 0 Å². The SMILES string of the molecule is CC(C(=O)[O-])C1CCn2c1cc1c(Br)cc(S(C)(=O)=O)cc12. The van der Waals surface area contributed by atoms with E-state index < -0.39 is 21.7 Å². The largest absolute Gasteiger partial charge is 0.550 e. The summed E-state index contributed by atoms with van der Waals surface area (Å²) in [5, 5.41) is 12.1. The van der Waals surface area contributed by atoms with Gasteiger partial charge >= 0.3 is 0 Å². The van der Waals surface area contributed by atoms with Crippen LogP contribution >= 0.6 is 15.9 Å². The lowest BCUT2D eigenvalue weighted by Crippen LogP contribution is -2.32. The fourth-order valence-electron chi connectivity index (χ4n) is 3.17. The van der Waals surface area contributed by atoms with Crippen molar-refractivity contribution in [1.29, 1.82) is 0 Å². The molecule has 1 aliphatic heterocycles. The van der Waals surface area contributed by atoms with Gasteiger partial charge in [0.1, 0.15) is 0 Å². The monoisotopic (exact) mass is 384 g/mol. The zero-order valence-electron chi connectivity index (χ0n) is 12.2. The van der Waals surface area contributed by atoms with Crippen molar-refractivity contribution in [3.8, 4) is 0 Å². The predicted octanol–water partition coefficient (Wildman–Crippen LogP) is 1.68. The lowest BCUT2D eigenvalue weighted by Gasteiger charge is -2.19. The molecule has 0 spiro atoms. The molecular weight excluding hydrogens is 370 g/mol. The van der Waals surface area contributed by atoms with Crippen LogP contribution in [0.3, 0.4) is 0 Å². The smallest absolute Gasteiger partial charge is 0.175 e. The zero-order valence-corrected chi connectivity index (χ0v) is 14.6. The minimum absolute atomic E-state index is 0.106. The van der Waals surface area contributed by atoms with Gasteiger partial charge in [-0.2, -0.15) is 0 Å². The molecule has 2 aromatic rings. The Morgan fingerprint density at radius 3 is 2.68 bits per heavy atom. The Morgan fingerprint density at radius 2 is 2.09 bits per heavy atom. The van der Waals surface area contributed by atoms with Gasteiger partial charge in [-0.05, 0) is 24.6 Å². The number of nitrogens with zero attached hydrogens (tertiary/aromatic N) is 1. The quantitative estimate of drug-likeness (QED) is 0.806. The van der Waals surface area contributed by atoms with E-state index in [1.165, 1.54) is 6.26 Å². The Bertz CT molecular complexity index is 885. The molecular formula is C15H15BrNO4S-. The highest BCUT2D eigenvalue weighted by Gasteiger charge is 2.30. The van der Waals surface area contributed by atoms with E-state index in [9.17, 15) is 18.3 Å². The molecule has 118 valence electrons. The number of benzene rings is 1. The Hall–Kier alpha value is -1.34. The number of carbonyl (C=O) groups is 1. The summed E-state index contributed by atoms with van der Waals surface area (Å²) in [7, 11) is -3.30. The first kappa shape index (κ1) is 15.6. The number of carboxylic acid groups (broad SMARTS) is 1. The number of hydrogen-bond acceptors (Lipinski definition) is 4. The third-order valence-electron chi connectivity index (χ3n) is 4.42. The summed E-state index contributed by atoms with van der Waals surface area (Å²) in [6.45, 7) is 2.34. The molecule has 2 heterocycles. The second kappa shape index (κ2) is 5.09. The van der Waals surface area contributed by atoms with Crippen molar-refractivity contribution in [2.75, 3.05) is 6.26 Å². The lowest BCUT2D eigenvalue weighted by molar-refractivity contribution is -0.311. The molecule has 0 N–H and O–H groups in total. The molecule has 5 nitrogen and oxygen atoms in total. The highest BCUT2D eigenvalue weighted by atomic mass is 79.9. The molecule has 7 heteroatoms. The van der Waals surface area contributed by atoms with Gasteiger partial charge in [-0.1, -0.05) is 22.9 Å². The van der Waals surface area contributed by atoms with Crippen molar-refractivity contribution >= 4 is 42.6 Å². The van der Waals surface area contributed by atoms with Crippen LogP contribution in [0.15, 0.2) is 27.6 Å². The highest BCUT2D eigenvalue weighted by molar-refractivity contribution is 9.10. The summed E-state index contributed by atoms with van der Waals surface area (Å²) in [6, 6.07) is 5.19. The average Bonchev–Trinajstić information content (AvgIpc) is 2.96. The highest BCUT2D eigenvalue weighted by Crippen LogP contribution is 2.41. The van der Waals surface area contributed by atoms with Crippen LogP contribution in [-0.4, -0.2) is 25.2 Å². The summed E-state index contributed by atoms with van der Waals surface area (Å²) in [6.07, 6.45) is 1.90. The van der Waals surface area contributed by atoms with Crippen LogP contribution in [-0.2, 0) is 21.2 Å². The molecule has 1 aliphatic rings. The number of aliphatic carboxylic acids is 1. The van der Waals surface area contributed by atoms with E-state index in [1.807, 2.05) is 10.6 Å². The van der Waals surface area contributed by atoms with E-state index in [0.717, 1.165) is 23.0 Å². The Balaban J connectivity index is 2.21. The summed E-state index contributed by atoms with van der Waals surface area (Å²) in [5.41, 5.74) is 1.75. The van der Waals surface area contributed by atoms with Gasteiger partial charge in [-0.15, -0.1) is 0 Å². The molecule has 0 radical (unpaired) electrons. The third kappa shape index (κ3) is 2.36. The topological polar surface area (TPSA) is 79.2 Å². The normalized spacial score (nSPS) is 19.3. The van der Waals surface area contributed by atoms with Crippen molar-refractivity contribution in [3.63, 3.8) is 0 Å². The fraction of sp³-hybridized carbons (Fsp3) is 0.400. The van der Waals surface area contributed by atoms with Gasteiger partial charge in [0.2, 0.25) is 0 Å². The molecule has 22 heavy (non-hydrogen) atoms. The lowest BCUT2D eigenvalue weighted by atomic mass is 9.90. The standard InChI is InChI=1S/C15H16BrNO4S/c1-8(15(18)19)10-3-4-17-13-6-9(22(2,20)21)5-12(16)11(13)7-14(10)17/h5-8,10H,3-4H2,1-2H3,(H,18,19)/p-1. The van der Waals surface area contributed by atoms with Gasteiger partial charge in [0.05, 0.1) is 10.4 Å². The molecule has 0 amide bonds. The van der Waals surface area contributed by atoms with Crippen molar-refractivity contribution in [1.82, 2.24) is 4.57 Å². The summed E-state index contributed by atoms with van der Waals surface area (Å²) >= 11 is 3.42. The zero-order chi connectivity index (χ0) is 16.2. The fourth-order valence-corrected chi connectivity index (χ4v) is 4.54. The molecule has 0 bridgehead atoms. The Morgan fingerprint density at radius 1 is 1.41 bits per heavy atom. The van der Waals surface area contributed by atoms with Gasteiger partial charge in [-0.25, -0.2) is 8.42 Å². The van der Waals surface area contributed by atoms with E-state index in [0.29, 0.717) is 11.0 Å². The molecule has 1 aromatic heterocycles. The van der Waals surface area contributed by atoms with E-state index in [1.54, 1.807) is 19.1 Å². The van der Waals surface area contributed by atoms with E-state index in [2.05, 4.69) is 15.9 Å². The number of carbonyl (C=O) groups excluding carboxylic acids is 1. The second-order valence-electron chi connectivity index (χ2n) is 5.83. The molecule has 2 unspecified atom stereocenters. The van der Waals surface area contributed by atoms with Crippen LogP contribution in [0.4, 0.5) is 0 Å². The number of aryl methyl sites for hydroxylation is 1. The first-order valence-corrected chi connectivity index (χ1v) is 9.62. The Kier molecular flexibility index (Phi) is 3.60. The molecule has 0 fully saturated rings. The molecule has 3 rings (SSSR count). The Labute approximate surface area is 137 Å². The number of aromatic nitrogens is 1. The summed E-state index contributed by atoms with van der Waals surface area (Å²) in [4.78, 5) is 11.4. The molecule has 0 aliphatic carbocycles. The number of rotatable bonds is 3. The van der Waals surface area contributed by atoms with Crippen LogP contribution in [0.5, 0.6) is 0 Å². The van der Waals surface area contributed by atoms with Crippen molar-refractivity contribution < 1.29 is 18.3 Å². The number of sulfone groups is 1. The van der Waals surface area contributed by atoms with Crippen LogP contribution in [0.1, 0.15) is 25.0 Å². The molecule has 0 saturated heterocycles. The van der Waals surface area contributed by atoms with Crippen LogP contribution in [0.2, 0.25) is 0 Å². The van der Waals surface area contributed by atoms with Crippen LogP contribution < -0.4 is 5.11 Å². The van der Waals surface area contributed by atoms with Crippen LogP contribution in [0.25, 0.3) is 10.9 Å². The maximum absolute atomic E-state index is 11.8. The minimum Gasteiger partial charge on any atom is -0.550 e. The molecule has 0 saturated carbocycles. The first-order chi connectivity index (χ1) is 10.2. The maximum atomic E-state index is 11.8. The minimum atomic E-state index is -3.30. The second-order valence-corrected chi connectivity index (χ2v) is 8.70. The number of carboxylic acids is 1. The van der Waals surface area contributed by atoms with E-state index in [4.69, 9.17) is 0 Å². The summed E-state index contributed by atoms with van der Waals surface area (Å²) in [5.74, 6) is -1.73. The predicted molar refractivity (Wildman–Crippen MR) is 84.3 cm³/mol. The van der Waals surface area contributed by atoms with Crippen molar-refractivity contribution in [2.24, 2.45) is 5.92 Å². The number of halogens is 1. The maximum Gasteiger partial charge on any atom is 0.175 e. The third-order valence-corrected chi connectivity index (χ3v) is 6.17. The van der Waals surface area contributed by atoms with Crippen LogP contribution in [0, 0.1) is 5.92 Å². The summed E-state index contributed by atoms with van der Waals surface area (Å²) < 4.78 is 26.3. The molecule has 2 atom stereocenters. The van der Waals surface area contributed by atoms with Gasteiger partial charge in [0, 0.05) is 46.2 Å². The van der Waals surface area contributed by atoms with E-state index >= 15 is 0 Å². The van der Waals surface area contributed by atoms with E-state index in [-0.39, 0.29) is 10.8 Å². The van der Waals surface area contributed by atoms with Gasteiger partial charge in [0.15, 0.2) is 9.84 Å². The number of fused-ring (bicyclic) bond motifs is 3. The van der Waals surface area contributed by atoms with Gasteiger partial charge < -0.3 is 14.5 Å². The average molecular weight is 385 g/mol. The number of hydrogen-bond donors (Lipinski definition) is 0. The molecule has 1 aromatic carbocycles. The van der Waals surface area contributed by atoms with Crippen molar-refractivity contribution in [3.05, 3.63) is 28.4 Å². The van der Waals surface area contributed by atoms with Gasteiger partial charge in [-0.3, -0.25) is 0 Å².